The quantitative estimate of drug-likeness (QED) is 0.757. The maximum absolute atomic E-state index is 12.5. The number of hydrogen-bond donors (Lipinski definition) is 0. The van der Waals surface area contributed by atoms with Gasteiger partial charge in [0.15, 0.2) is 5.78 Å². The smallest absolute Gasteiger partial charge is 0.180 e. The third kappa shape index (κ3) is 3.71. The van der Waals surface area contributed by atoms with Crippen molar-refractivity contribution in [2.45, 2.75) is 19.9 Å². The maximum atomic E-state index is 12.5. The van der Waals surface area contributed by atoms with Crippen molar-refractivity contribution in [3.8, 4) is 5.75 Å². The van der Waals surface area contributed by atoms with E-state index in [1.165, 1.54) is 4.88 Å². The fourth-order valence-corrected chi connectivity index (χ4v) is 3.07. The molecule has 1 unspecified atom stereocenters. The molecule has 0 radical (unpaired) electrons. The van der Waals surface area contributed by atoms with E-state index >= 15 is 0 Å². The Labute approximate surface area is 130 Å². The van der Waals surface area contributed by atoms with Gasteiger partial charge in [0, 0.05) is 10.9 Å². The lowest BCUT2D eigenvalue weighted by atomic mass is 10.1. The molecule has 1 aromatic carbocycles. The number of thiophene rings is 1. The Hall–Kier alpha value is -1.65. The summed E-state index contributed by atoms with van der Waals surface area (Å²) >= 11 is 1.71. The van der Waals surface area contributed by atoms with Crippen molar-refractivity contribution in [2.75, 3.05) is 20.7 Å². The molecule has 0 saturated carbocycles. The van der Waals surface area contributed by atoms with Gasteiger partial charge in [-0.15, -0.1) is 11.3 Å². The molecular formula is C17H21NO2S. The van der Waals surface area contributed by atoms with Crippen LogP contribution in [0.15, 0.2) is 35.7 Å². The second-order valence-corrected chi connectivity index (χ2v) is 6.21. The summed E-state index contributed by atoms with van der Waals surface area (Å²) in [4.78, 5) is 15.8. The minimum Gasteiger partial charge on any atom is -0.496 e. The molecule has 0 aliphatic carbocycles. The first kappa shape index (κ1) is 15.7. The SMILES string of the molecule is COc1cc(C)ccc1C(=O)CN(C)C(C)c1cccs1. The van der Waals surface area contributed by atoms with Crippen molar-refractivity contribution in [2.24, 2.45) is 0 Å². The van der Waals surface area contributed by atoms with Crippen molar-refractivity contribution in [3.63, 3.8) is 0 Å². The summed E-state index contributed by atoms with van der Waals surface area (Å²) in [6.07, 6.45) is 0. The lowest BCUT2D eigenvalue weighted by Gasteiger charge is -2.23. The van der Waals surface area contributed by atoms with E-state index in [-0.39, 0.29) is 11.8 Å². The number of methoxy groups -OCH3 is 1. The van der Waals surface area contributed by atoms with Gasteiger partial charge in [0.1, 0.15) is 5.75 Å². The molecule has 2 aromatic rings. The fraction of sp³-hybridized carbons (Fsp3) is 0.353. The van der Waals surface area contributed by atoms with Crippen molar-refractivity contribution in [1.29, 1.82) is 0 Å². The number of carbonyl (C=O) groups excluding carboxylic acids is 1. The molecule has 1 aromatic heterocycles. The Morgan fingerprint density at radius 3 is 2.76 bits per heavy atom. The van der Waals surface area contributed by atoms with Gasteiger partial charge in [0.2, 0.25) is 0 Å². The minimum atomic E-state index is 0.0813. The Bertz CT molecular complexity index is 607. The lowest BCUT2D eigenvalue weighted by Crippen LogP contribution is -2.28. The summed E-state index contributed by atoms with van der Waals surface area (Å²) in [5, 5.41) is 2.06. The summed E-state index contributed by atoms with van der Waals surface area (Å²) in [6, 6.07) is 10.1. The lowest BCUT2D eigenvalue weighted by molar-refractivity contribution is 0.0923. The van der Waals surface area contributed by atoms with Crippen LogP contribution in [0.4, 0.5) is 0 Å². The van der Waals surface area contributed by atoms with E-state index in [0.717, 1.165) is 5.56 Å². The average molecular weight is 303 g/mol. The highest BCUT2D eigenvalue weighted by Crippen LogP contribution is 2.25. The molecule has 0 spiro atoms. The monoisotopic (exact) mass is 303 g/mol. The fourth-order valence-electron chi connectivity index (χ4n) is 2.22. The Morgan fingerprint density at radius 1 is 1.38 bits per heavy atom. The van der Waals surface area contributed by atoms with Gasteiger partial charge in [-0.25, -0.2) is 0 Å². The third-order valence-electron chi connectivity index (χ3n) is 3.67. The first-order valence-corrected chi connectivity index (χ1v) is 7.82. The highest BCUT2D eigenvalue weighted by Gasteiger charge is 2.19. The zero-order valence-electron chi connectivity index (χ0n) is 12.9. The summed E-state index contributed by atoms with van der Waals surface area (Å²) < 4.78 is 5.32. The van der Waals surface area contributed by atoms with E-state index in [1.54, 1.807) is 18.4 Å². The van der Waals surface area contributed by atoms with Gasteiger partial charge in [-0.3, -0.25) is 9.69 Å². The molecule has 2 rings (SSSR count). The van der Waals surface area contributed by atoms with Crippen molar-refractivity contribution >= 4 is 17.1 Å². The zero-order valence-corrected chi connectivity index (χ0v) is 13.7. The van der Waals surface area contributed by atoms with Gasteiger partial charge in [0.05, 0.1) is 19.2 Å². The second-order valence-electron chi connectivity index (χ2n) is 5.23. The van der Waals surface area contributed by atoms with E-state index < -0.39 is 0 Å². The van der Waals surface area contributed by atoms with Gasteiger partial charge < -0.3 is 4.74 Å². The molecule has 0 saturated heterocycles. The highest BCUT2D eigenvalue weighted by atomic mass is 32.1. The predicted molar refractivity (Wildman–Crippen MR) is 87.4 cm³/mol. The van der Waals surface area contributed by atoms with Crippen LogP contribution in [0.2, 0.25) is 0 Å². The van der Waals surface area contributed by atoms with E-state index in [2.05, 4.69) is 23.3 Å². The van der Waals surface area contributed by atoms with E-state index in [1.807, 2.05) is 38.2 Å². The Morgan fingerprint density at radius 2 is 2.14 bits per heavy atom. The largest absolute Gasteiger partial charge is 0.496 e. The molecule has 4 heteroatoms. The van der Waals surface area contributed by atoms with Crippen LogP contribution in [0, 0.1) is 6.92 Å². The third-order valence-corrected chi connectivity index (χ3v) is 4.71. The van der Waals surface area contributed by atoms with E-state index in [0.29, 0.717) is 17.9 Å². The van der Waals surface area contributed by atoms with Gasteiger partial charge in [0.25, 0.3) is 0 Å². The number of hydrogen-bond acceptors (Lipinski definition) is 4. The van der Waals surface area contributed by atoms with Crippen molar-refractivity contribution < 1.29 is 9.53 Å². The van der Waals surface area contributed by atoms with Crippen LogP contribution in [-0.2, 0) is 0 Å². The molecule has 112 valence electrons. The van der Waals surface area contributed by atoms with E-state index in [4.69, 9.17) is 4.74 Å². The van der Waals surface area contributed by atoms with Gasteiger partial charge in [-0.05, 0) is 50.0 Å². The number of ketones is 1. The summed E-state index contributed by atoms with van der Waals surface area (Å²) in [7, 11) is 3.58. The zero-order chi connectivity index (χ0) is 15.4. The van der Waals surface area contributed by atoms with Crippen LogP contribution in [0.3, 0.4) is 0 Å². The van der Waals surface area contributed by atoms with Crippen molar-refractivity contribution in [1.82, 2.24) is 4.90 Å². The van der Waals surface area contributed by atoms with Crippen LogP contribution in [0.5, 0.6) is 5.75 Å². The minimum absolute atomic E-state index is 0.0813. The Kier molecular flexibility index (Phi) is 5.15. The van der Waals surface area contributed by atoms with Gasteiger partial charge >= 0.3 is 0 Å². The molecule has 0 N–H and O–H groups in total. The number of rotatable bonds is 6. The number of likely N-dealkylation sites (N-methyl/N-ethyl adjacent to an activating group) is 1. The maximum Gasteiger partial charge on any atom is 0.180 e. The van der Waals surface area contributed by atoms with Crippen LogP contribution in [0.25, 0.3) is 0 Å². The van der Waals surface area contributed by atoms with E-state index in [9.17, 15) is 4.79 Å². The van der Waals surface area contributed by atoms with Gasteiger partial charge in [-0.2, -0.15) is 0 Å². The number of nitrogens with zero attached hydrogens (tertiary/aromatic N) is 1. The Balaban J connectivity index is 2.11. The number of benzene rings is 1. The molecule has 0 bridgehead atoms. The highest BCUT2D eigenvalue weighted by molar-refractivity contribution is 7.10. The second kappa shape index (κ2) is 6.87. The number of carbonyl (C=O) groups is 1. The molecule has 0 aliphatic heterocycles. The van der Waals surface area contributed by atoms with Crippen LogP contribution >= 0.6 is 11.3 Å². The number of Topliss-reactive ketones (excluding diaryl/α,β-unsaturated/α-hetero) is 1. The number of ether oxygens (including phenoxy) is 1. The first-order valence-electron chi connectivity index (χ1n) is 6.94. The topological polar surface area (TPSA) is 29.5 Å². The molecule has 3 nitrogen and oxygen atoms in total. The molecule has 1 atom stereocenters. The molecule has 21 heavy (non-hydrogen) atoms. The van der Waals surface area contributed by atoms with Crippen LogP contribution < -0.4 is 4.74 Å². The normalized spacial score (nSPS) is 12.4. The molecular weight excluding hydrogens is 282 g/mol. The molecule has 1 heterocycles. The first-order chi connectivity index (χ1) is 10.0. The molecule has 0 aliphatic rings. The van der Waals surface area contributed by atoms with Crippen LogP contribution in [-0.4, -0.2) is 31.4 Å². The average Bonchev–Trinajstić information content (AvgIpc) is 3.00. The summed E-state index contributed by atoms with van der Waals surface area (Å²) in [5.74, 6) is 0.731. The molecule has 0 fully saturated rings. The van der Waals surface area contributed by atoms with Gasteiger partial charge in [-0.1, -0.05) is 12.1 Å². The standard InChI is InChI=1S/C17H21NO2S/c1-12-7-8-14(16(10-12)20-4)15(19)11-18(3)13(2)17-6-5-9-21-17/h5-10,13H,11H2,1-4H3. The predicted octanol–water partition coefficient (Wildman–Crippen LogP) is 3.94. The number of aryl methyl sites for hydroxylation is 1. The molecule has 0 amide bonds. The van der Waals surface area contributed by atoms with Crippen LogP contribution in [0.1, 0.15) is 33.8 Å². The summed E-state index contributed by atoms with van der Waals surface area (Å²) in [6.45, 7) is 4.48. The summed E-state index contributed by atoms with van der Waals surface area (Å²) in [5.41, 5.74) is 1.73. The van der Waals surface area contributed by atoms with Crippen molar-refractivity contribution in [3.05, 3.63) is 51.7 Å².